The Hall–Kier alpha value is -2.29. The number of alkyl halides is 2. The molecule has 6 nitrogen and oxygen atoms in total. The fraction of sp³-hybridized carbons (Fsp3) is 0.412. The van der Waals surface area contributed by atoms with E-state index in [2.05, 4.69) is 5.10 Å². The van der Waals surface area contributed by atoms with Gasteiger partial charge in [0, 0.05) is 24.0 Å². The maximum Gasteiger partial charge on any atom is 0.356 e. The van der Waals surface area contributed by atoms with Gasteiger partial charge in [0.1, 0.15) is 0 Å². The zero-order valence-corrected chi connectivity index (χ0v) is 14.5. The molecule has 1 fully saturated rings. The number of rotatable bonds is 2. The van der Waals surface area contributed by atoms with E-state index in [1.807, 2.05) is 0 Å². The Labute approximate surface area is 148 Å². The number of carboxylic acid groups (broad SMARTS) is 1. The minimum absolute atomic E-state index is 0.117. The smallest absolute Gasteiger partial charge is 0.356 e. The summed E-state index contributed by atoms with van der Waals surface area (Å²) in [4.78, 5) is 11.7. The molecule has 2 aromatic rings. The fourth-order valence-electron chi connectivity index (χ4n) is 3.80. The molecule has 2 aliphatic rings. The molecule has 0 unspecified atom stereocenters. The van der Waals surface area contributed by atoms with Gasteiger partial charge in [-0.05, 0) is 18.9 Å². The molecule has 0 radical (unpaired) electrons. The van der Waals surface area contributed by atoms with Gasteiger partial charge in [0.05, 0.1) is 22.4 Å². The molecular formula is C17H16F2N2O4S. The van der Waals surface area contributed by atoms with Gasteiger partial charge in [0.2, 0.25) is 5.92 Å². The molecule has 0 bridgehead atoms. The lowest BCUT2D eigenvalue weighted by molar-refractivity contribution is -0.0448. The van der Waals surface area contributed by atoms with Crippen molar-refractivity contribution in [2.24, 2.45) is 0 Å². The van der Waals surface area contributed by atoms with Crippen LogP contribution in [0.1, 0.15) is 47.8 Å². The van der Waals surface area contributed by atoms with Crippen LogP contribution in [0.2, 0.25) is 0 Å². The third kappa shape index (κ3) is 2.61. The Bertz CT molecular complexity index is 1000. The zero-order chi connectivity index (χ0) is 18.7. The number of carbonyl (C=O) groups is 1. The molecule has 138 valence electrons. The van der Waals surface area contributed by atoms with Crippen molar-refractivity contribution in [1.82, 2.24) is 9.78 Å². The van der Waals surface area contributed by atoms with E-state index in [4.69, 9.17) is 0 Å². The highest BCUT2D eigenvalue weighted by Crippen LogP contribution is 2.44. The summed E-state index contributed by atoms with van der Waals surface area (Å²) < 4.78 is 53.6. The largest absolute Gasteiger partial charge is 0.476 e. The van der Waals surface area contributed by atoms with Crippen LogP contribution in [0.3, 0.4) is 0 Å². The van der Waals surface area contributed by atoms with Crippen LogP contribution in [-0.4, -0.2) is 35.2 Å². The number of aromatic carboxylic acids is 1. The second-order valence-corrected chi connectivity index (χ2v) is 8.73. The predicted octanol–water partition coefficient (Wildman–Crippen LogP) is 3.29. The van der Waals surface area contributed by atoms with Crippen molar-refractivity contribution in [2.45, 2.75) is 48.3 Å². The summed E-state index contributed by atoms with van der Waals surface area (Å²) in [5.74, 6) is -4.50. The van der Waals surface area contributed by atoms with Crippen LogP contribution in [0.5, 0.6) is 0 Å². The van der Waals surface area contributed by atoms with E-state index < -0.39 is 27.5 Å². The monoisotopic (exact) mass is 382 g/mol. The summed E-state index contributed by atoms with van der Waals surface area (Å²) in [6, 6.07) is 5.95. The van der Waals surface area contributed by atoms with Crippen LogP contribution in [0.4, 0.5) is 8.78 Å². The van der Waals surface area contributed by atoms with Crippen LogP contribution in [0.25, 0.3) is 11.3 Å². The third-order valence-electron chi connectivity index (χ3n) is 5.06. The molecule has 1 N–H and O–H groups in total. The van der Waals surface area contributed by atoms with Gasteiger partial charge >= 0.3 is 5.97 Å². The zero-order valence-electron chi connectivity index (χ0n) is 13.7. The molecule has 4 rings (SSSR count). The molecule has 0 saturated heterocycles. The van der Waals surface area contributed by atoms with Crippen molar-refractivity contribution in [2.75, 3.05) is 0 Å². The number of fused-ring (bicyclic) bond motifs is 3. The number of nitrogens with zero attached hydrogens (tertiary/aromatic N) is 2. The third-order valence-corrected chi connectivity index (χ3v) is 6.75. The highest BCUT2D eigenvalue weighted by Gasteiger charge is 2.40. The Kier molecular flexibility index (Phi) is 3.69. The van der Waals surface area contributed by atoms with Crippen molar-refractivity contribution < 1.29 is 27.1 Å². The Morgan fingerprint density at radius 2 is 1.88 bits per heavy atom. The van der Waals surface area contributed by atoms with Crippen molar-refractivity contribution in [3.63, 3.8) is 0 Å². The summed E-state index contributed by atoms with van der Waals surface area (Å²) in [7, 11) is -3.68. The average molecular weight is 382 g/mol. The molecule has 26 heavy (non-hydrogen) atoms. The van der Waals surface area contributed by atoms with Gasteiger partial charge in [-0.1, -0.05) is 18.2 Å². The summed E-state index contributed by atoms with van der Waals surface area (Å²) in [5.41, 5.74) is 0.609. The number of halogens is 2. The second kappa shape index (κ2) is 5.60. The van der Waals surface area contributed by atoms with Gasteiger partial charge in [0.15, 0.2) is 15.5 Å². The lowest BCUT2D eigenvalue weighted by Gasteiger charge is -2.30. The molecule has 1 aliphatic carbocycles. The van der Waals surface area contributed by atoms with Crippen molar-refractivity contribution in [3.8, 4) is 11.3 Å². The second-order valence-electron chi connectivity index (χ2n) is 6.77. The first kappa shape index (κ1) is 17.1. The highest BCUT2D eigenvalue weighted by molar-refractivity contribution is 7.90. The lowest BCUT2D eigenvalue weighted by atomic mass is 9.92. The van der Waals surface area contributed by atoms with Gasteiger partial charge in [-0.3, -0.25) is 4.68 Å². The SMILES string of the molecule is O=C(O)c1nn(C2CCC(F)(F)CC2)c2c1CS(=O)(=O)c1ccccc1-2. The van der Waals surface area contributed by atoms with Crippen molar-refractivity contribution >= 4 is 15.8 Å². The molecule has 1 aliphatic heterocycles. The molecule has 9 heteroatoms. The van der Waals surface area contributed by atoms with E-state index in [-0.39, 0.29) is 47.9 Å². The molecular weight excluding hydrogens is 366 g/mol. The number of sulfone groups is 1. The highest BCUT2D eigenvalue weighted by atomic mass is 32.2. The number of hydrogen-bond donors (Lipinski definition) is 1. The Morgan fingerprint density at radius 1 is 1.23 bits per heavy atom. The standard InChI is InChI=1S/C17H16F2N2O4S/c18-17(19)7-5-10(6-8-17)21-15-11-3-1-2-4-13(11)26(24,25)9-12(15)14(20-21)16(22)23/h1-4,10H,5-9H2,(H,22,23). The van der Waals surface area contributed by atoms with E-state index in [9.17, 15) is 27.1 Å². The number of aromatic nitrogens is 2. The predicted molar refractivity (Wildman–Crippen MR) is 88.0 cm³/mol. The van der Waals surface area contributed by atoms with Crippen molar-refractivity contribution in [1.29, 1.82) is 0 Å². The topological polar surface area (TPSA) is 89.3 Å². The number of benzene rings is 1. The van der Waals surface area contributed by atoms with Crippen LogP contribution in [0.15, 0.2) is 29.2 Å². The minimum atomic E-state index is -3.68. The maximum atomic E-state index is 13.5. The normalized spacial score (nSPS) is 21.0. The van der Waals surface area contributed by atoms with E-state index in [1.54, 1.807) is 18.2 Å². The summed E-state index contributed by atoms with van der Waals surface area (Å²) >= 11 is 0. The first-order valence-corrected chi connectivity index (χ1v) is 9.89. The molecule has 0 amide bonds. The first-order chi connectivity index (χ1) is 12.2. The quantitative estimate of drug-likeness (QED) is 0.861. The summed E-state index contributed by atoms with van der Waals surface area (Å²) in [6.07, 6.45) is -0.270. The van der Waals surface area contributed by atoms with E-state index in [1.165, 1.54) is 10.7 Å². The first-order valence-electron chi connectivity index (χ1n) is 8.24. The maximum absolute atomic E-state index is 13.5. The van der Waals surface area contributed by atoms with E-state index >= 15 is 0 Å². The Balaban J connectivity index is 1.91. The molecule has 1 saturated carbocycles. The van der Waals surface area contributed by atoms with Crippen molar-refractivity contribution in [3.05, 3.63) is 35.5 Å². The van der Waals surface area contributed by atoms with E-state index in [0.29, 0.717) is 11.3 Å². The molecule has 0 atom stereocenters. The number of carboxylic acids is 1. The van der Waals surface area contributed by atoms with Crippen LogP contribution in [0, 0.1) is 0 Å². The summed E-state index contributed by atoms with van der Waals surface area (Å²) in [6.45, 7) is 0. The molecule has 1 aromatic carbocycles. The minimum Gasteiger partial charge on any atom is -0.476 e. The number of hydrogen-bond acceptors (Lipinski definition) is 4. The molecule has 1 aromatic heterocycles. The van der Waals surface area contributed by atoms with E-state index in [0.717, 1.165) is 0 Å². The van der Waals surface area contributed by atoms with Gasteiger partial charge in [0.25, 0.3) is 0 Å². The van der Waals surface area contributed by atoms with Crippen LogP contribution >= 0.6 is 0 Å². The van der Waals surface area contributed by atoms with Gasteiger partial charge in [-0.15, -0.1) is 0 Å². The lowest BCUT2D eigenvalue weighted by Crippen LogP contribution is -2.27. The van der Waals surface area contributed by atoms with Crippen LogP contribution in [-0.2, 0) is 15.6 Å². The molecule has 2 heterocycles. The molecule has 0 spiro atoms. The fourth-order valence-corrected chi connectivity index (χ4v) is 5.39. The van der Waals surface area contributed by atoms with Crippen LogP contribution < -0.4 is 0 Å². The van der Waals surface area contributed by atoms with Gasteiger partial charge in [-0.25, -0.2) is 22.0 Å². The Morgan fingerprint density at radius 3 is 2.54 bits per heavy atom. The summed E-state index contributed by atoms with van der Waals surface area (Å²) in [5, 5.41) is 13.6. The average Bonchev–Trinajstić information content (AvgIpc) is 2.94. The van der Waals surface area contributed by atoms with Gasteiger partial charge < -0.3 is 5.11 Å². The van der Waals surface area contributed by atoms with Gasteiger partial charge in [-0.2, -0.15) is 5.10 Å².